The summed E-state index contributed by atoms with van der Waals surface area (Å²) in [6.07, 6.45) is 0. The lowest BCUT2D eigenvalue weighted by atomic mass is 10.2. The number of nitrogens with one attached hydrogen (secondary N) is 2. The van der Waals surface area contributed by atoms with E-state index in [1.807, 2.05) is 18.7 Å². The molecule has 5 nitrogen and oxygen atoms in total. The fourth-order valence-electron chi connectivity index (χ4n) is 2.40. The van der Waals surface area contributed by atoms with Gasteiger partial charge in [0.05, 0.1) is 11.0 Å². The first-order valence-corrected chi connectivity index (χ1v) is 8.70. The van der Waals surface area contributed by atoms with E-state index < -0.39 is 0 Å². The van der Waals surface area contributed by atoms with E-state index in [0.717, 1.165) is 13.1 Å². The largest absolute Gasteiger partial charge is 0.336 e. The van der Waals surface area contributed by atoms with Gasteiger partial charge in [0.25, 0.3) is 0 Å². The highest BCUT2D eigenvalue weighted by Crippen LogP contribution is 2.17. The van der Waals surface area contributed by atoms with Crippen LogP contribution in [0.4, 0.5) is 10.1 Å². The number of thioether (sulfide) groups is 1. The summed E-state index contributed by atoms with van der Waals surface area (Å²) in [5.74, 6) is -0.292. The molecule has 1 heterocycles. The van der Waals surface area contributed by atoms with E-state index in [4.69, 9.17) is 0 Å². The summed E-state index contributed by atoms with van der Waals surface area (Å²) in [4.78, 5) is 26.2. The molecule has 2 amide bonds. The Labute approximate surface area is 140 Å². The van der Waals surface area contributed by atoms with E-state index in [2.05, 4.69) is 10.6 Å². The van der Waals surface area contributed by atoms with Crippen molar-refractivity contribution < 1.29 is 14.0 Å². The zero-order valence-electron chi connectivity index (χ0n) is 13.3. The van der Waals surface area contributed by atoms with Gasteiger partial charge in [0.2, 0.25) is 11.8 Å². The number of carbonyl (C=O) groups excluding carboxylic acids is 2. The number of piperazine rings is 1. The Morgan fingerprint density at radius 3 is 2.78 bits per heavy atom. The topological polar surface area (TPSA) is 61.4 Å². The molecule has 0 bridgehead atoms. The van der Waals surface area contributed by atoms with Gasteiger partial charge in [0.1, 0.15) is 5.82 Å². The summed E-state index contributed by atoms with van der Waals surface area (Å²) in [7, 11) is 0. The third kappa shape index (κ3) is 5.21. The minimum absolute atomic E-state index is 0.0681. The van der Waals surface area contributed by atoms with Gasteiger partial charge < -0.3 is 15.5 Å². The van der Waals surface area contributed by atoms with Gasteiger partial charge in [0.15, 0.2) is 0 Å². The van der Waals surface area contributed by atoms with Gasteiger partial charge in [-0.2, -0.15) is 0 Å². The van der Waals surface area contributed by atoms with Gasteiger partial charge in [-0.25, -0.2) is 4.39 Å². The van der Waals surface area contributed by atoms with Crippen molar-refractivity contribution in [1.82, 2.24) is 10.2 Å². The molecule has 0 aliphatic carbocycles. The number of amides is 2. The normalized spacial score (nSPS) is 19.3. The highest BCUT2D eigenvalue weighted by Gasteiger charge is 2.27. The first kappa shape index (κ1) is 17.7. The van der Waals surface area contributed by atoms with Crippen molar-refractivity contribution >= 4 is 29.3 Å². The first-order chi connectivity index (χ1) is 11.0. The van der Waals surface area contributed by atoms with E-state index >= 15 is 0 Å². The summed E-state index contributed by atoms with van der Waals surface area (Å²) in [6, 6.07) is 5.78. The monoisotopic (exact) mass is 339 g/mol. The summed E-state index contributed by atoms with van der Waals surface area (Å²) in [5, 5.41) is 5.67. The Morgan fingerprint density at radius 1 is 1.43 bits per heavy atom. The second-order valence-corrected chi connectivity index (χ2v) is 6.92. The number of nitrogens with zero attached hydrogens (tertiary/aromatic N) is 1. The molecule has 23 heavy (non-hydrogen) atoms. The predicted molar refractivity (Wildman–Crippen MR) is 91.0 cm³/mol. The summed E-state index contributed by atoms with van der Waals surface area (Å²) in [6.45, 7) is 6.15. The van der Waals surface area contributed by atoms with Gasteiger partial charge in [-0.05, 0) is 38.1 Å². The molecular weight excluding hydrogens is 317 g/mol. The van der Waals surface area contributed by atoms with Crippen LogP contribution in [0.2, 0.25) is 0 Å². The molecule has 1 aromatic rings. The number of benzene rings is 1. The van der Waals surface area contributed by atoms with Crippen LogP contribution in [0.1, 0.15) is 13.8 Å². The number of rotatable bonds is 5. The van der Waals surface area contributed by atoms with E-state index in [1.165, 1.54) is 36.0 Å². The lowest BCUT2D eigenvalue weighted by Crippen LogP contribution is -2.54. The molecule has 0 saturated carbocycles. The number of halogens is 1. The quantitative estimate of drug-likeness (QED) is 0.857. The van der Waals surface area contributed by atoms with Gasteiger partial charge >= 0.3 is 0 Å². The molecule has 0 radical (unpaired) electrons. The Bertz CT molecular complexity index is 553. The molecule has 2 atom stereocenters. The molecule has 2 rings (SSSR count). The van der Waals surface area contributed by atoms with Gasteiger partial charge in [-0.1, -0.05) is 0 Å². The standard InChI is InChI=1S/C16H22FN3O2S/c1-11-9-18-7-8-20(11)16(22)12(2)23-10-15(21)19-14-5-3-13(17)4-6-14/h3-6,11-12,18H,7-10H2,1-2H3,(H,19,21)/t11-,12?/m1/s1. The minimum atomic E-state index is -0.346. The molecule has 1 unspecified atom stereocenters. The van der Waals surface area contributed by atoms with Crippen LogP contribution in [-0.4, -0.2) is 53.4 Å². The van der Waals surface area contributed by atoms with Crippen molar-refractivity contribution in [3.63, 3.8) is 0 Å². The Kier molecular flexibility index (Phi) is 6.41. The molecule has 1 saturated heterocycles. The van der Waals surface area contributed by atoms with Crippen LogP contribution in [0.3, 0.4) is 0 Å². The fourth-order valence-corrected chi connectivity index (χ4v) is 3.16. The van der Waals surface area contributed by atoms with Crippen molar-refractivity contribution in [2.45, 2.75) is 25.1 Å². The van der Waals surface area contributed by atoms with Crippen molar-refractivity contribution in [2.24, 2.45) is 0 Å². The third-order valence-corrected chi connectivity index (χ3v) is 4.86. The number of anilines is 1. The van der Waals surface area contributed by atoms with Gasteiger partial charge in [-0.3, -0.25) is 9.59 Å². The van der Waals surface area contributed by atoms with Crippen molar-refractivity contribution in [3.05, 3.63) is 30.1 Å². The van der Waals surface area contributed by atoms with E-state index in [1.54, 1.807) is 0 Å². The van der Waals surface area contributed by atoms with Crippen LogP contribution in [0.25, 0.3) is 0 Å². The number of hydrogen-bond acceptors (Lipinski definition) is 4. The molecule has 1 aromatic carbocycles. The lowest BCUT2D eigenvalue weighted by molar-refractivity contribution is -0.133. The van der Waals surface area contributed by atoms with Gasteiger partial charge in [-0.15, -0.1) is 11.8 Å². The van der Waals surface area contributed by atoms with Crippen LogP contribution < -0.4 is 10.6 Å². The molecule has 1 fully saturated rings. The van der Waals surface area contributed by atoms with Crippen molar-refractivity contribution in [2.75, 3.05) is 30.7 Å². The molecular formula is C16H22FN3O2S. The second-order valence-electron chi connectivity index (χ2n) is 5.59. The predicted octanol–water partition coefficient (Wildman–Crippen LogP) is 1.71. The molecule has 0 aromatic heterocycles. The van der Waals surface area contributed by atoms with Crippen LogP contribution in [0.15, 0.2) is 24.3 Å². The Hall–Kier alpha value is -1.60. The maximum absolute atomic E-state index is 12.8. The third-order valence-electron chi connectivity index (χ3n) is 3.72. The van der Waals surface area contributed by atoms with E-state index in [-0.39, 0.29) is 34.7 Å². The minimum Gasteiger partial charge on any atom is -0.336 e. The SMILES string of the molecule is CC(SCC(=O)Nc1ccc(F)cc1)C(=O)N1CCNC[C@H]1C. The molecule has 7 heteroatoms. The fraction of sp³-hybridized carbons (Fsp3) is 0.500. The van der Waals surface area contributed by atoms with Crippen molar-refractivity contribution in [3.8, 4) is 0 Å². The average Bonchev–Trinajstić information content (AvgIpc) is 2.54. The molecule has 0 spiro atoms. The highest BCUT2D eigenvalue weighted by molar-refractivity contribution is 8.01. The molecule has 1 aliphatic heterocycles. The van der Waals surface area contributed by atoms with Crippen LogP contribution >= 0.6 is 11.8 Å². The van der Waals surface area contributed by atoms with Gasteiger partial charge in [0, 0.05) is 31.4 Å². The first-order valence-electron chi connectivity index (χ1n) is 7.65. The smallest absolute Gasteiger partial charge is 0.235 e. The zero-order chi connectivity index (χ0) is 16.8. The summed E-state index contributed by atoms with van der Waals surface area (Å²) in [5.41, 5.74) is 0.548. The molecule has 126 valence electrons. The summed E-state index contributed by atoms with van der Waals surface area (Å²) >= 11 is 1.31. The van der Waals surface area contributed by atoms with Crippen molar-refractivity contribution in [1.29, 1.82) is 0 Å². The van der Waals surface area contributed by atoms with Crippen LogP contribution in [0, 0.1) is 5.82 Å². The molecule has 1 aliphatic rings. The zero-order valence-corrected chi connectivity index (χ0v) is 14.2. The molecule has 2 N–H and O–H groups in total. The maximum atomic E-state index is 12.8. The van der Waals surface area contributed by atoms with E-state index in [0.29, 0.717) is 12.2 Å². The van der Waals surface area contributed by atoms with Crippen LogP contribution in [0.5, 0.6) is 0 Å². The van der Waals surface area contributed by atoms with Crippen LogP contribution in [-0.2, 0) is 9.59 Å². The Balaban J connectivity index is 1.78. The number of hydrogen-bond donors (Lipinski definition) is 2. The Morgan fingerprint density at radius 2 is 2.13 bits per heavy atom. The average molecular weight is 339 g/mol. The van der Waals surface area contributed by atoms with E-state index in [9.17, 15) is 14.0 Å². The highest BCUT2D eigenvalue weighted by atomic mass is 32.2. The summed E-state index contributed by atoms with van der Waals surface area (Å²) < 4.78 is 12.8. The lowest BCUT2D eigenvalue weighted by Gasteiger charge is -2.35. The maximum Gasteiger partial charge on any atom is 0.235 e. The second kappa shape index (κ2) is 8.31. The number of carbonyl (C=O) groups is 2.